The number of benzene rings is 1. The zero-order valence-corrected chi connectivity index (χ0v) is 10.8. The van der Waals surface area contributed by atoms with Crippen LogP contribution < -0.4 is 0 Å². The summed E-state index contributed by atoms with van der Waals surface area (Å²) in [6.07, 6.45) is 8.62. The highest BCUT2D eigenvalue weighted by Gasteiger charge is 2.52. The monoisotopic (exact) mass is 278 g/mol. The average Bonchev–Trinajstić information content (AvgIpc) is 2.91. The Morgan fingerprint density at radius 3 is 2.75 bits per heavy atom. The average molecular weight is 279 g/mol. The van der Waals surface area contributed by atoms with Gasteiger partial charge in [-0.1, -0.05) is 34.5 Å². The van der Waals surface area contributed by atoms with Crippen molar-refractivity contribution in [3.05, 3.63) is 40.1 Å². The minimum Gasteiger partial charge on any atom is -0.479 e. The third-order valence-corrected chi connectivity index (χ3v) is 4.01. The molecule has 1 aliphatic heterocycles. The van der Waals surface area contributed by atoms with Crippen LogP contribution in [0.15, 0.2) is 34.5 Å². The number of rotatable bonds is 1. The Labute approximate surface area is 105 Å². The van der Waals surface area contributed by atoms with E-state index in [4.69, 9.17) is 4.74 Å². The normalized spacial score (nSPS) is 24.4. The first kappa shape index (κ1) is 10.4. The second-order valence-electron chi connectivity index (χ2n) is 4.72. The summed E-state index contributed by atoms with van der Waals surface area (Å²) in [4.78, 5) is 0. The second-order valence-corrected chi connectivity index (χ2v) is 5.64. The molecule has 1 saturated heterocycles. The molecular formula is C14H15BrO. The molecule has 2 aliphatic rings. The molecule has 1 nitrogen and oxygen atoms in total. The van der Waals surface area contributed by atoms with E-state index >= 15 is 0 Å². The maximum atomic E-state index is 5.84. The molecule has 0 N–H and O–H groups in total. The van der Waals surface area contributed by atoms with Gasteiger partial charge >= 0.3 is 0 Å². The lowest BCUT2D eigenvalue weighted by Crippen LogP contribution is -2.14. The van der Waals surface area contributed by atoms with Gasteiger partial charge in [0.05, 0.1) is 0 Å². The molecule has 16 heavy (non-hydrogen) atoms. The highest BCUT2D eigenvalue weighted by molar-refractivity contribution is 9.10. The fourth-order valence-corrected chi connectivity index (χ4v) is 2.98. The van der Waals surface area contributed by atoms with Crippen molar-refractivity contribution in [1.29, 1.82) is 0 Å². The zero-order valence-electron chi connectivity index (χ0n) is 9.21. The van der Waals surface area contributed by atoms with Gasteiger partial charge < -0.3 is 4.74 Å². The van der Waals surface area contributed by atoms with Crippen LogP contribution >= 0.6 is 15.9 Å². The zero-order chi connectivity index (χ0) is 11.0. The number of halogens is 1. The molecule has 0 amide bonds. The van der Waals surface area contributed by atoms with E-state index in [0.717, 1.165) is 4.47 Å². The lowest BCUT2D eigenvalue weighted by atomic mass is 9.88. The van der Waals surface area contributed by atoms with E-state index in [1.54, 1.807) is 0 Å². The van der Waals surface area contributed by atoms with Crippen LogP contribution in [-0.4, -0.2) is 5.60 Å². The van der Waals surface area contributed by atoms with Crippen molar-refractivity contribution in [3.63, 3.8) is 0 Å². The SMILES string of the molecule is Brc1cccc(/C=C2/OC23CCCCC3)c1. The Kier molecular flexibility index (Phi) is 2.55. The van der Waals surface area contributed by atoms with E-state index in [9.17, 15) is 0 Å². The van der Waals surface area contributed by atoms with Crippen LogP contribution in [0, 0.1) is 0 Å². The van der Waals surface area contributed by atoms with Gasteiger partial charge in [-0.15, -0.1) is 0 Å². The molecule has 1 aliphatic carbocycles. The van der Waals surface area contributed by atoms with Crippen LogP contribution in [0.4, 0.5) is 0 Å². The van der Waals surface area contributed by atoms with E-state index in [1.165, 1.54) is 43.4 Å². The first-order valence-electron chi connectivity index (χ1n) is 5.95. The van der Waals surface area contributed by atoms with Crippen molar-refractivity contribution in [2.45, 2.75) is 37.7 Å². The third-order valence-electron chi connectivity index (χ3n) is 3.52. The van der Waals surface area contributed by atoms with Crippen LogP contribution in [0.1, 0.15) is 37.7 Å². The maximum absolute atomic E-state index is 5.84. The number of hydrogen-bond donors (Lipinski definition) is 0. The summed E-state index contributed by atoms with van der Waals surface area (Å²) in [7, 11) is 0. The van der Waals surface area contributed by atoms with Crippen LogP contribution in [-0.2, 0) is 4.74 Å². The number of ether oxygens (including phenoxy) is 1. The van der Waals surface area contributed by atoms with Crippen molar-refractivity contribution >= 4 is 22.0 Å². The highest BCUT2D eigenvalue weighted by Crippen LogP contribution is 2.52. The molecule has 1 saturated carbocycles. The van der Waals surface area contributed by atoms with E-state index in [0.29, 0.717) is 0 Å². The Morgan fingerprint density at radius 2 is 2.00 bits per heavy atom. The summed E-state index contributed by atoms with van der Waals surface area (Å²) in [5.41, 5.74) is 1.37. The Morgan fingerprint density at radius 1 is 1.19 bits per heavy atom. The fraction of sp³-hybridized carbons (Fsp3) is 0.429. The van der Waals surface area contributed by atoms with Crippen molar-refractivity contribution in [2.75, 3.05) is 0 Å². The summed E-state index contributed by atoms with van der Waals surface area (Å²) in [6, 6.07) is 8.36. The number of hydrogen-bond acceptors (Lipinski definition) is 1. The Balaban J connectivity index is 1.80. The van der Waals surface area contributed by atoms with Crippen LogP contribution in [0.5, 0.6) is 0 Å². The van der Waals surface area contributed by atoms with Crippen molar-refractivity contribution in [3.8, 4) is 0 Å². The summed E-state index contributed by atoms with van der Waals surface area (Å²) in [5, 5.41) is 0. The fourth-order valence-electron chi connectivity index (χ4n) is 2.57. The molecule has 2 heteroatoms. The summed E-state index contributed by atoms with van der Waals surface area (Å²) in [5.74, 6) is 1.20. The number of epoxide rings is 1. The predicted octanol–water partition coefficient (Wildman–Crippen LogP) is 4.52. The van der Waals surface area contributed by atoms with E-state index in [2.05, 4.69) is 40.2 Å². The quantitative estimate of drug-likeness (QED) is 0.688. The summed E-state index contributed by atoms with van der Waals surface area (Å²) < 4.78 is 6.96. The molecule has 2 fully saturated rings. The second kappa shape index (κ2) is 3.92. The van der Waals surface area contributed by atoms with E-state index in [-0.39, 0.29) is 5.60 Å². The van der Waals surface area contributed by atoms with Gasteiger partial charge in [0, 0.05) is 4.47 Å². The summed E-state index contributed by atoms with van der Waals surface area (Å²) >= 11 is 3.49. The molecule has 1 spiro atoms. The molecule has 0 aromatic heterocycles. The standard InChI is InChI=1S/C14H15BrO/c15-12-6-4-5-11(9-12)10-13-14(16-13)7-2-1-3-8-14/h4-6,9-10H,1-3,7-8H2/b13-10+. The first-order chi connectivity index (χ1) is 7.78. The Hall–Kier alpha value is -0.760. The van der Waals surface area contributed by atoms with Crippen LogP contribution in [0.25, 0.3) is 6.08 Å². The molecule has 0 atom stereocenters. The van der Waals surface area contributed by atoms with Crippen LogP contribution in [0.2, 0.25) is 0 Å². The lowest BCUT2D eigenvalue weighted by molar-refractivity contribution is 0.239. The largest absolute Gasteiger partial charge is 0.479 e. The van der Waals surface area contributed by atoms with Gasteiger partial charge in [0.1, 0.15) is 5.76 Å². The van der Waals surface area contributed by atoms with Gasteiger partial charge in [0.15, 0.2) is 5.60 Å². The van der Waals surface area contributed by atoms with Gasteiger partial charge in [-0.3, -0.25) is 0 Å². The maximum Gasteiger partial charge on any atom is 0.165 e. The molecule has 0 unspecified atom stereocenters. The topological polar surface area (TPSA) is 12.5 Å². The van der Waals surface area contributed by atoms with Gasteiger partial charge in [-0.2, -0.15) is 0 Å². The van der Waals surface area contributed by atoms with Crippen molar-refractivity contribution < 1.29 is 4.74 Å². The van der Waals surface area contributed by atoms with Gasteiger partial charge in [-0.05, 0) is 49.5 Å². The van der Waals surface area contributed by atoms with E-state index in [1.807, 2.05) is 6.07 Å². The van der Waals surface area contributed by atoms with Gasteiger partial charge in [-0.25, -0.2) is 0 Å². The molecule has 1 heterocycles. The first-order valence-corrected chi connectivity index (χ1v) is 6.75. The minimum absolute atomic E-state index is 0.139. The predicted molar refractivity (Wildman–Crippen MR) is 69.0 cm³/mol. The molecule has 0 bridgehead atoms. The summed E-state index contributed by atoms with van der Waals surface area (Å²) in [6.45, 7) is 0. The molecule has 1 aromatic rings. The molecule has 84 valence electrons. The van der Waals surface area contributed by atoms with Gasteiger partial charge in [0.25, 0.3) is 0 Å². The molecule has 1 aromatic carbocycles. The minimum atomic E-state index is 0.139. The molecule has 0 radical (unpaired) electrons. The molecule has 3 rings (SSSR count). The Bertz CT molecular complexity index is 430. The smallest absolute Gasteiger partial charge is 0.165 e. The highest BCUT2D eigenvalue weighted by atomic mass is 79.9. The van der Waals surface area contributed by atoms with Crippen molar-refractivity contribution in [2.24, 2.45) is 0 Å². The lowest BCUT2D eigenvalue weighted by Gasteiger charge is -2.14. The van der Waals surface area contributed by atoms with E-state index < -0.39 is 0 Å². The molecular weight excluding hydrogens is 264 g/mol. The van der Waals surface area contributed by atoms with Crippen molar-refractivity contribution in [1.82, 2.24) is 0 Å². The van der Waals surface area contributed by atoms with Gasteiger partial charge in [0.2, 0.25) is 0 Å². The third kappa shape index (κ3) is 1.91. The van der Waals surface area contributed by atoms with Crippen LogP contribution in [0.3, 0.4) is 0 Å².